The molecule has 14 nitrogen and oxygen atoms in total. The largest absolute Gasteiger partial charge is 0.497 e. The van der Waals surface area contributed by atoms with Crippen molar-refractivity contribution in [3.8, 4) is 23.3 Å². The SMILES string of the molecule is COc1ccc(C(OCCOc2cc3nc(c2)CN(C[C@H]2CC[C@@]4(C)C(=CC[C@H]5[C@@H]6CC[C@@H]([C@H](C)CCCC(C)C)[C@@]6(C)CC[C@@H]54)C2)CCOCCN(CCCP(O)(O)(CCC#N)N(C(C)C)C(C)C)CCOCCN(C[C@@H]2CC[C@]4(C)C(=CC[C@@H]5[C@H]6CC[C@H]([C@@H](C)CCCC(C)C)[C@]6(C)CC[C@H]54)C2)C3)(c2ccccc2)c2ccc(OC)cc2)cc1. The van der Waals surface area contributed by atoms with Crippen molar-refractivity contribution in [2.75, 3.05) is 112 Å². The first kappa shape index (κ1) is 93.9. The summed E-state index contributed by atoms with van der Waals surface area (Å²) in [7, 11) is -1.02. The smallest absolute Gasteiger partial charge is 0.118 e. The fraction of sp³-hybridized carbons (Fsp3) is 0.736. The Morgan fingerprint density at radius 2 is 0.983 bits per heavy atom. The van der Waals surface area contributed by atoms with E-state index in [0.29, 0.717) is 101 Å². The molecule has 0 unspecified atom stereocenters. The minimum atomic E-state index is -4.45. The quantitative estimate of drug-likeness (QED) is 0.0202. The van der Waals surface area contributed by atoms with Gasteiger partial charge < -0.3 is 18.9 Å². The summed E-state index contributed by atoms with van der Waals surface area (Å²) in [5.74, 6) is 13.1. The summed E-state index contributed by atoms with van der Waals surface area (Å²) in [5, 5.41) is 9.87. The van der Waals surface area contributed by atoms with E-state index < -0.39 is 12.8 Å². The van der Waals surface area contributed by atoms with Crippen molar-refractivity contribution in [3.05, 3.63) is 142 Å². The molecule has 1 aliphatic heterocycles. The summed E-state index contributed by atoms with van der Waals surface area (Å²) in [4.78, 5) is 38.9. The predicted octanol–water partition coefficient (Wildman–Crippen LogP) is 23.5. The van der Waals surface area contributed by atoms with Crippen LogP contribution in [0.3, 0.4) is 0 Å². The molecule has 9 aliphatic rings. The first-order valence-corrected chi connectivity index (χ1v) is 51.5. The van der Waals surface area contributed by atoms with Gasteiger partial charge in [-0.05, 0) is 236 Å². The Labute approximate surface area is 734 Å². The van der Waals surface area contributed by atoms with Gasteiger partial charge in [-0.2, -0.15) is 0 Å². The number of hydrogen-bond acceptors (Lipinski definition) is 14. The second-order valence-corrected chi connectivity index (χ2v) is 47.0. The maximum Gasteiger partial charge on any atom is 0.118 e. The van der Waals surface area contributed by atoms with Gasteiger partial charge in [0.05, 0.1) is 20.8 Å². The fourth-order valence-corrected chi connectivity index (χ4v) is 32.2. The summed E-state index contributed by atoms with van der Waals surface area (Å²) in [6, 6.07) is 33.7. The Balaban J connectivity index is 0.792. The molecular formula is C106H165N6O8P. The number of ether oxygens (including phenoxy) is 6. The Bertz CT molecular complexity index is 3830. The molecule has 0 saturated heterocycles. The molecule has 6 fully saturated rings. The van der Waals surface area contributed by atoms with E-state index in [-0.39, 0.29) is 41.7 Å². The fourth-order valence-electron chi connectivity index (χ4n) is 28.0. The van der Waals surface area contributed by atoms with E-state index in [9.17, 15) is 15.0 Å². The molecule has 13 rings (SSSR count). The summed E-state index contributed by atoms with van der Waals surface area (Å²) in [5.41, 5.74) is 8.96. The van der Waals surface area contributed by atoms with Crippen LogP contribution < -0.4 is 14.2 Å². The van der Waals surface area contributed by atoms with Crippen molar-refractivity contribution in [2.24, 2.45) is 105 Å². The topological polar surface area (TPSA) is 145 Å². The second kappa shape index (κ2) is 41.1. The molecular weight excluding hydrogens is 1520 g/mol. The zero-order valence-corrected chi connectivity index (χ0v) is 79.4. The Morgan fingerprint density at radius 1 is 0.529 bits per heavy atom. The van der Waals surface area contributed by atoms with Gasteiger partial charge in [0, 0.05) is 12.1 Å². The molecule has 15 heteroatoms. The van der Waals surface area contributed by atoms with E-state index in [1.807, 2.05) is 56.6 Å². The molecule has 3 aromatic carbocycles. The van der Waals surface area contributed by atoms with Crippen molar-refractivity contribution in [1.82, 2.24) is 24.4 Å². The van der Waals surface area contributed by atoms with Crippen LogP contribution >= 0.6 is 7.21 Å². The van der Waals surface area contributed by atoms with Gasteiger partial charge in [-0.15, -0.1) is 0 Å². The molecule has 6 saturated carbocycles. The van der Waals surface area contributed by atoms with Gasteiger partial charge in [-0.1, -0.05) is 186 Å². The standard InChI is InChI=1S/C106H165N6O8P/c1-76(2)24-20-26-80(9)96-42-44-98-94-40-34-87-68-82(46-50-102(87,11)100(94)48-52-104(96,98)13)72-110-58-62-117-60-56-109(55-23-67-121(113,114,66-22-54-107)112(78(5)6)79(7)8)57-61-118-63-59-111(73-83-47-51-103(12)88(69-83)35-41-95-99-45-43-97(81(10)27-21-25-77(3)4)105(99,14)53-49-101(95)103)75-90-71-93(70-89(74-110)108-90)119-64-65-120-106(84-28-18-17-19-29-84,85-30-36-91(115-15)37-31-85)86-32-38-92(116-16)39-33-86/h17-19,28-39,70-71,76-83,94-101,113-114H,20-27,40-53,55-69,72-75H2,1-16H3/t80-,81+,82+,83-,94+,95-,96+,97-,98+,99-,100+,101-,102+,103-,104-,105+. The van der Waals surface area contributed by atoms with Crippen LogP contribution in [0.15, 0.2) is 114 Å². The molecule has 0 amide bonds. The maximum absolute atomic E-state index is 12.7. The molecule has 0 spiro atoms. The number of pyridine rings is 1. The zero-order chi connectivity index (χ0) is 85.9. The van der Waals surface area contributed by atoms with E-state index in [1.165, 1.54) is 128 Å². The van der Waals surface area contributed by atoms with Crippen LogP contribution in [0.4, 0.5) is 0 Å². The van der Waals surface area contributed by atoms with Crippen molar-refractivity contribution in [1.29, 1.82) is 5.26 Å². The molecule has 2 bridgehead atoms. The van der Waals surface area contributed by atoms with Crippen LogP contribution in [-0.2, 0) is 32.9 Å². The number of allylic oxidation sites excluding steroid dienone is 4. The molecule has 2 heterocycles. The second-order valence-electron chi connectivity index (χ2n) is 42.9. The Hall–Kier alpha value is -4.75. The van der Waals surface area contributed by atoms with Crippen molar-refractivity contribution in [2.45, 2.75) is 282 Å². The summed E-state index contributed by atoms with van der Waals surface area (Å²) >= 11 is 0. The summed E-state index contributed by atoms with van der Waals surface area (Å²) in [6.07, 6.45) is 36.0. The third-order valence-electron chi connectivity index (χ3n) is 33.9. The van der Waals surface area contributed by atoms with Crippen LogP contribution in [0.5, 0.6) is 17.2 Å². The average Bonchev–Trinajstić information content (AvgIpc) is 1.63. The molecule has 2 N–H and O–H groups in total. The van der Waals surface area contributed by atoms with Crippen molar-refractivity contribution < 1.29 is 38.2 Å². The van der Waals surface area contributed by atoms with Gasteiger partial charge in [0.25, 0.3) is 0 Å². The molecule has 16 atom stereocenters. The first-order chi connectivity index (χ1) is 58.0. The van der Waals surface area contributed by atoms with Crippen LogP contribution in [0.25, 0.3) is 0 Å². The first-order valence-electron chi connectivity index (χ1n) is 49.0. The number of rotatable bonds is 33. The number of nitrogens with zero attached hydrogens (tertiary/aromatic N) is 6. The van der Waals surface area contributed by atoms with E-state index in [4.69, 9.17) is 33.4 Å². The molecule has 0 radical (unpaired) electrons. The number of aromatic nitrogens is 1. The van der Waals surface area contributed by atoms with Crippen molar-refractivity contribution in [3.63, 3.8) is 0 Å². The minimum Gasteiger partial charge on any atom is -0.497 e. The minimum absolute atomic E-state index is 0.0850. The number of fused-ring (bicyclic) bond motifs is 12. The molecule has 4 aromatic rings. The number of nitriles is 1. The van der Waals surface area contributed by atoms with E-state index >= 15 is 0 Å². The third-order valence-corrected chi connectivity index (χ3v) is 38.3. The maximum atomic E-state index is 12.7. The number of benzene rings is 3. The van der Waals surface area contributed by atoms with Crippen LogP contribution in [0, 0.1) is 116 Å². The predicted molar refractivity (Wildman–Crippen MR) is 498 cm³/mol. The number of methoxy groups -OCH3 is 2. The molecule has 8 aliphatic carbocycles. The molecule has 121 heavy (non-hydrogen) atoms. The monoisotopic (exact) mass is 1680 g/mol. The van der Waals surface area contributed by atoms with Gasteiger partial charge >= 0.3 is 231 Å². The summed E-state index contributed by atoms with van der Waals surface area (Å²) in [6.45, 7) is 43.6. The summed E-state index contributed by atoms with van der Waals surface area (Å²) < 4.78 is 41.7. The van der Waals surface area contributed by atoms with Gasteiger partial charge in [-0.3, -0.25) is 4.98 Å². The van der Waals surface area contributed by atoms with Crippen LogP contribution in [0.1, 0.15) is 279 Å². The van der Waals surface area contributed by atoms with Gasteiger partial charge in [-0.25, -0.2) is 0 Å². The van der Waals surface area contributed by atoms with Crippen LogP contribution in [-0.4, -0.2) is 158 Å². The van der Waals surface area contributed by atoms with E-state index in [2.05, 4.69) is 169 Å². The molecule has 672 valence electrons. The van der Waals surface area contributed by atoms with E-state index in [0.717, 1.165) is 155 Å². The Morgan fingerprint density at radius 3 is 1.42 bits per heavy atom. The van der Waals surface area contributed by atoms with Crippen molar-refractivity contribution >= 4 is 7.21 Å². The van der Waals surface area contributed by atoms with Gasteiger partial charge in [0.2, 0.25) is 0 Å². The van der Waals surface area contributed by atoms with Crippen LogP contribution in [0.2, 0.25) is 0 Å². The average molecular weight is 1680 g/mol. The normalized spacial score (nSPS) is 30.8. The van der Waals surface area contributed by atoms with Gasteiger partial charge in [0.1, 0.15) is 29.5 Å². The third kappa shape index (κ3) is 21.3. The van der Waals surface area contributed by atoms with Gasteiger partial charge in [0.15, 0.2) is 0 Å². The number of hydrogen-bond donors (Lipinski definition) is 2. The zero-order valence-electron chi connectivity index (χ0n) is 78.5. The Kier molecular flexibility index (Phi) is 31.9. The van der Waals surface area contributed by atoms with E-state index in [1.54, 1.807) is 25.4 Å². The molecule has 1 aromatic heterocycles.